The molecule has 1 amide bonds. The third-order valence-corrected chi connectivity index (χ3v) is 4.01. The SMILES string of the molecule is Cc1ccc(C(=O)NCCCOC(C)c2ccccc2)cc1C. The first-order valence-electron chi connectivity index (χ1n) is 8.10. The van der Waals surface area contributed by atoms with Crippen LogP contribution >= 0.6 is 0 Å². The smallest absolute Gasteiger partial charge is 0.251 e. The van der Waals surface area contributed by atoms with Crippen LogP contribution in [0.5, 0.6) is 0 Å². The Hall–Kier alpha value is -2.13. The first kappa shape index (κ1) is 17.2. The largest absolute Gasteiger partial charge is 0.374 e. The maximum Gasteiger partial charge on any atom is 0.251 e. The summed E-state index contributed by atoms with van der Waals surface area (Å²) in [6.07, 6.45) is 0.875. The maximum absolute atomic E-state index is 12.1. The van der Waals surface area contributed by atoms with Gasteiger partial charge in [-0.2, -0.15) is 0 Å². The summed E-state index contributed by atoms with van der Waals surface area (Å²) in [5.74, 6) is -0.0239. The minimum Gasteiger partial charge on any atom is -0.374 e. The predicted octanol–water partition coefficient (Wildman–Crippen LogP) is 4.20. The number of carbonyl (C=O) groups is 1. The first-order valence-corrected chi connectivity index (χ1v) is 8.10. The summed E-state index contributed by atoms with van der Waals surface area (Å²) < 4.78 is 5.80. The monoisotopic (exact) mass is 311 g/mol. The van der Waals surface area contributed by atoms with Gasteiger partial charge in [-0.1, -0.05) is 36.4 Å². The molecule has 0 aliphatic carbocycles. The summed E-state index contributed by atoms with van der Waals surface area (Å²) in [6, 6.07) is 15.9. The molecule has 0 heterocycles. The second kappa shape index (κ2) is 8.49. The van der Waals surface area contributed by atoms with Crippen LogP contribution in [0.4, 0.5) is 0 Å². The Morgan fingerprint density at radius 3 is 2.52 bits per heavy atom. The predicted molar refractivity (Wildman–Crippen MR) is 93.7 cm³/mol. The van der Waals surface area contributed by atoms with Gasteiger partial charge in [-0.15, -0.1) is 0 Å². The average molecular weight is 311 g/mol. The Kier molecular flexibility index (Phi) is 6.36. The fourth-order valence-electron chi connectivity index (χ4n) is 2.34. The summed E-state index contributed by atoms with van der Waals surface area (Å²) in [5, 5.41) is 2.94. The van der Waals surface area contributed by atoms with E-state index < -0.39 is 0 Å². The molecule has 0 saturated carbocycles. The second-order valence-electron chi connectivity index (χ2n) is 5.83. The molecule has 1 N–H and O–H groups in total. The van der Waals surface area contributed by atoms with Gasteiger partial charge in [-0.25, -0.2) is 0 Å². The molecule has 122 valence electrons. The minimum atomic E-state index is -0.0239. The lowest BCUT2D eigenvalue weighted by Gasteiger charge is -2.13. The topological polar surface area (TPSA) is 38.3 Å². The van der Waals surface area contributed by atoms with E-state index in [-0.39, 0.29) is 12.0 Å². The zero-order valence-corrected chi connectivity index (χ0v) is 14.1. The molecule has 0 radical (unpaired) electrons. The molecule has 0 fully saturated rings. The zero-order valence-electron chi connectivity index (χ0n) is 14.1. The van der Waals surface area contributed by atoms with E-state index in [1.807, 2.05) is 57.2 Å². The van der Waals surface area contributed by atoms with Gasteiger partial charge in [-0.3, -0.25) is 4.79 Å². The van der Waals surface area contributed by atoms with Gasteiger partial charge in [0.05, 0.1) is 6.10 Å². The highest BCUT2D eigenvalue weighted by atomic mass is 16.5. The van der Waals surface area contributed by atoms with Gasteiger partial charge >= 0.3 is 0 Å². The second-order valence-corrected chi connectivity index (χ2v) is 5.83. The van der Waals surface area contributed by atoms with E-state index in [0.29, 0.717) is 18.7 Å². The van der Waals surface area contributed by atoms with E-state index in [2.05, 4.69) is 17.4 Å². The molecule has 2 aromatic rings. The quantitative estimate of drug-likeness (QED) is 0.778. The number of carbonyl (C=O) groups excluding carboxylic acids is 1. The van der Waals surface area contributed by atoms with Crippen molar-refractivity contribution in [2.75, 3.05) is 13.2 Å². The molecule has 1 unspecified atom stereocenters. The minimum absolute atomic E-state index is 0.0239. The summed E-state index contributed by atoms with van der Waals surface area (Å²) >= 11 is 0. The van der Waals surface area contributed by atoms with E-state index >= 15 is 0 Å². The fourth-order valence-corrected chi connectivity index (χ4v) is 2.34. The molecule has 0 spiro atoms. The number of nitrogens with one attached hydrogen (secondary N) is 1. The summed E-state index contributed by atoms with van der Waals surface area (Å²) in [4.78, 5) is 12.1. The lowest BCUT2D eigenvalue weighted by atomic mass is 10.1. The van der Waals surface area contributed by atoms with E-state index in [0.717, 1.165) is 12.0 Å². The van der Waals surface area contributed by atoms with Crippen LogP contribution in [0.15, 0.2) is 48.5 Å². The molecule has 2 rings (SSSR count). The fraction of sp³-hybridized carbons (Fsp3) is 0.350. The van der Waals surface area contributed by atoms with Crippen molar-refractivity contribution >= 4 is 5.91 Å². The molecule has 0 aliphatic rings. The molecule has 0 saturated heterocycles. The van der Waals surface area contributed by atoms with Crippen LogP contribution in [-0.2, 0) is 4.74 Å². The lowest BCUT2D eigenvalue weighted by molar-refractivity contribution is 0.0635. The van der Waals surface area contributed by atoms with Crippen LogP contribution in [0.1, 0.15) is 46.5 Å². The number of rotatable bonds is 7. The van der Waals surface area contributed by atoms with Crippen molar-refractivity contribution in [1.29, 1.82) is 0 Å². The maximum atomic E-state index is 12.1. The highest BCUT2D eigenvalue weighted by Crippen LogP contribution is 2.15. The van der Waals surface area contributed by atoms with Crippen molar-refractivity contribution in [2.24, 2.45) is 0 Å². The van der Waals surface area contributed by atoms with Gasteiger partial charge in [0, 0.05) is 18.7 Å². The van der Waals surface area contributed by atoms with Gasteiger partial charge in [0.15, 0.2) is 0 Å². The Morgan fingerprint density at radius 2 is 1.83 bits per heavy atom. The van der Waals surface area contributed by atoms with Gasteiger partial charge in [0.25, 0.3) is 5.91 Å². The first-order chi connectivity index (χ1) is 11.1. The molecule has 0 aromatic heterocycles. The third kappa shape index (κ3) is 5.22. The number of aryl methyl sites for hydroxylation is 2. The standard InChI is InChI=1S/C20H25NO2/c1-15-10-11-19(14-16(15)2)20(22)21-12-7-13-23-17(3)18-8-5-4-6-9-18/h4-6,8-11,14,17H,7,12-13H2,1-3H3,(H,21,22). The summed E-state index contributed by atoms with van der Waals surface area (Å²) in [7, 11) is 0. The molecular formula is C20H25NO2. The molecule has 3 heteroatoms. The van der Waals surface area contributed by atoms with Crippen LogP contribution in [0, 0.1) is 13.8 Å². The summed E-state index contributed by atoms with van der Waals surface area (Å²) in [6.45, 7) is 7.35. The molecule has 0 aliphatic heterocycles. The Labute approximate surface area is 138 Å². The van der Waals surface area contributed by atoms with Crippen LogP contribution in [0.25, 0.3) is 0 Å². The van der Waals surface area contributed by atoms with Gasteiger partial charge < -0.3 is 10.1 Å². The van der Waals surface area contributed by atoms with E-state index in [9.17, 15) is 4.79 Å². The number of ether oxygens (including phenoxy) is 1. The van der Waals surface area contributed by atoms with E-state index in [1.165, 1.54) is 11.1 Å². The van der Waals surface area contributed by atoms with Crippen molar-refractivity contribution in [3.05, 3.63) is 70.8 Å². The third-order valence-electron chi connectivity index (χ3n) is 4.01. The number of benzene rings is 2. The van der Waals surface area contributed by atoms with Crippen molar-refractivity contribution in [1.82, 2.24) is 5.32 Å². The molecule has 23 heavy (non-hydrogen) atoms. The van der Waals surface area contributed by atoms with Crippen LogP contribution in [0.3, 0.4) is 0 Å². The van der Waals surface area contributed by atoms with E-state index in [4.69, 9.17) is 4.74 Å². The molecule has 1 atom stereocenters. The van der Waals surface area contributed by atoms with Gasteiger partial charge in [0.1, 0.15) is 0 Å². The van der Waals surface area contributed by atoms with Crippen LogP contribution in [-0.4, -0.2) is 19.1 Å². The Morgan fingerprint density at radius 1 is 1.09 bits per heavy atom. The molecular weight excluding hydrogens is 286 g/mol. The van der Waals surface area contributed by atoms with Gasteiger partial charge in [0.2, 0.25) is 0 Å². The highest BCUT2D eigenvalue weighted by Gasteiger charge is 2.07. The van der Waals surface area contributed by atoms with Crippen molar-refractivity contribution < 1.29 is 9.53 Å². The molecule has 3 nitrogen and oxygen atoms in total. The lowest BCUT2D eigenvalue weighted by Crippen LogP contribution is -2.25. The van der Waals surface area contributed by atoms with Crippen LogP contribution < -0.4 is 5.32 Å². The van der Waals surface area contributed by atoms with Crippen LogP contribution in [0.2, 0.25) is 0 Å². The normalized spacial score (nSPS) is 12.0. The van der Waals surface area contributed by atoms with Gasteiger partial charge in [-0.05, 0) is 56.0 Å². The molecule has 2 aromatic carbocycles. The summed E-state index contributed by atoms with van der Waals surface area (Å²) in [5.41, 5.74) is 4.22. The van der Waals surface area contributed by atoms with E-state index in [1.54, 1.807) is 0 Å². The van der Waals surface area contributed by atoms with Crippen molar-refractivity contribution in [2.45, 2.75) is 33.3 Å². The highest BCUT2D eigenvalue weighted by molar-refractivity contribution is 5.94. The number of hydrogen-bond donors (Lipinski definition) is 1. The van der Waals surface area contributed by atoms with Crippen molar-refractivity contribution in [3.63, 3.8) is 0 Å². The Balaban J connectivity index is 1.69. The number of amides is 1. The zero-order chi connectivity index (χ0) is 16.7. The average Bonchev–Trinajstić information content (AvgIpc) is 2.57. The molecule has 0 bridgehead atoms. The number of hydrogen-bond acceptors (Lipinski definition) is 2. The Bertz CT molecular complexity index is 637. The van der Waals surface area contributed by atoms with Crippen molar-refractivity contribution in [3.8, 4) is 0 Å².